The number of nitrogens with zero attached hydrogens (tertiary/aromatic N) is 3. The summed E-state index contributed by atoms with van der Waals surface area (Å²) >= 11 is 0. The van der Waals surface area contributed by atoms with Crippen LogP contribution in [-0.4, -0.2) is 88.7 Å². The largest absolute Gasteiger partial charge is 0.478 e. The molecule has 1 aliphatic rings. The molecule has 3 rings (SSSR count). The Balaban J connectivity index is 1.66. The molecule has 0 spiro atoms. The Kier molecular flexibility index (Phi) is 7.54. The first-order chi connectivity index (χ1) is 16.1. The maximum absolute atomic E-state index is 12.8. The Morgan fingerprint density at radius 3 is 2.38 bits per heavy atom. The van der Waals surface area contributed by atoms with Crippen molar-refractivity contribution in [2.24, 2.45) is 0 Å². The second kappa shape index (κ2) is 10.4. The number of carboxylic acids is 1. The maximum Gasteiger partial charge on any atom is 0.409 e. The van der Waals surface area contributed by atoms with Gasteiger partial charge < -0.3 is 29.7 Å². The number of aromatic nitrogens is 1. The van der Waals surface area contributed by atoms with Gasteiger partial charge in [-0.05, 0) is 32.9 Å². The van der Waals surface area contributed by atoms with Crippen LogP contribution in [0.15, 0.2) is 30.3 Å². The lowest BCUT2D eigenvalue weighted by Gasteiger charge is -2.34. The van der Waals surface area contributed by atoms with Gasteiger partial charge in [0.15, 0.2) is 5.60 Å². The van der Waals surface area contributed by atoms with Gasteiger partial charge in [-0.1, -0.05) is 12.1 Å². The number of nitrogens with one attached hydrogen (secondary N) is 1. The van der Waals surface area contributed by atoms with Crippen molar-refractivity contribution < 1.29 is 33.8 Å². The highest BCUT2D eigenvalue weighted by atomic mass is 16.6. The minimum atomic E-state index is -1.53. The second-order valence-corrected chi connectivity index (χ2v) is 8.19. The van der Waals surface area contributed by atoms with Gasteiger partial charge in [0.25, 0.3) is 5.91 Å². The molecular weight excluding hydrogens is 444 g/mol. The molecule has 0 radical (unpaired) electrons. The van der Waals surface area contributed by atoms with E-state index in [0.717, 1.165) is 0 Å². The van der Waals surface area contributed by atoms with Crippen LogP contribution < -0.4 is 10.1 Å². The van der Waals surface area contributed by atoms with Gasteiger partial charge in [-0.3, -0.25) is 9.59 Å². The molecule has 11 heteroatoms. The monoisotopic (exact) mass is 472 g/mol. The lowest BCUT2D eigenvalue weighted by atomic mass is 10.1. The highest BCUT2D eigenvalue weighted by Gasteiger charge is 2.31. The van der Waals surface area contributed by atoms with E-state index in [1.807, 2.05) is 0 Å². The van der Waals surface area contributed by atoms with Crippen LogP contribution in [0.1, 0.15) is 31.3 Å². The second-order valence-electron chi connectivity index (χ2n) is 8.19. The Morgan fingerprint density at radius 2 is 1.74 bits per heavy atom. The molecular formula is C23H28N4O7. The molecule has 1 fully saturated rings. The van der Waals surface area contributed by atoms with E-state index in [4.69, 9.17) is 9.47 Å². The van der Waals surface area contributed by atoms with Crippen molar-refractivity contribution >= 4 is 34.8 Å². The molecule has 2 aromatic rings. The SMILES string of the molecule is CCOC(=O)N1CCN(C(=O)CNC(=O)c2cc(OC(C)(C)C(=O)O)c3ccccc3n2)CC1. The highest BCUT2D eigenvalue weighted by Crippen LogP contribution is 2.29. The summed E-state index contributed by atoms with van der Waals surface area (Å²) in [5.74, 6) is -1.85. The van der Waals surface area contributed by atoms with Gasteiger partial charge in [0, 0.05) is 37.6 Å². The number of aliphatic carboxylic acids is 1. The third-order valence-corrected chi connectivity index (χ3v) is 5.35. The smallest absolute Gasteiger partial charge is 0.409 e. The van der Waals surface area contributed by atoms with Crippen molar-refractivity contribution in [1.82, 2.24) is 20.1 Å². The summed E-state index contributed by atoms with van der Waals surface area (Å²) in [5, 5.41) is 12.5. The van der Waals surface area contributed by atoms with Crippen LogP contribution in [-0.2, 0) is 14.3 Å². The number of ether oxygens (including phenoxy) is 2. The number of amides is 3. The Hall–Kier alpha value is -3.89. The standard InChI is InChI=1S/C23H28N4O7/c1-4-33-22(32)27-11-9-26(10-12-27)19(28)14-24-20(29)17-13-18(34-23(2,3)21(30)31)15-7-5-6-8-16(15)25-17/h5-8,13H,4,9-12,14H2,1-3H3,(H,24,29)(H,30,31). The molecule has 0 unspecified atom stereocenters. The molecule has 2 N–H and O–H groups in total. The van der Waals surface area contributed by atoms with Crippen LogP contribution >= 0.6 is 0 Å². The number of hydrogen-bond donors (Lipinski definition) is 2. The first-order valence-electron chi connectivity index (χ1n) is 10.9. The number of carbonyl (C=O) groups excluding carboxylic acids is 3. The van der Waals surface area contributed by atoms with Gasteiger partial charge in [-0.2, -0.15) is 0 Å². The normalized spacial score (nSPS) is 14.0. The van der Waals surface area contributed by atoms with Crippen molar-refractivity contribution in [3.63, 3.8) is 0 Å². The number of para-hydroxylation sites is 1. The van der Waals surface area contributed by atoms with Crippen molar-refractivity contribution in [2.75, 3.05) is 39.3 Å². The number of carbonyl (C=O) groups is 4. The zero-order valence-electron chi connectivity index (χ0n) is 19.4. The zero-order valence-corrected chi connectivity index (χ0v) is 19.4. The van der Waals surface area contributed by atoms with Crippen LogP contribution in [0.4, 0.5) is 4.79 Å². The van der Waals surface area contributed by atoms with Crippen molar-refractivity contribution in [3.8, 4) is 5.75 Å². The minimum absolute atomic E-state index is 0.00480. The van der Waals surface area contributed by atoms with E-state index in [0.29, 0.717) is 37.1 Å². The van der Waals surface area contributed by atoms with Crippen molar-refractivity contribution in [3.05, 3.63) is 36.0 Å². The fourth-order valence-electron chi connectivity index (χ4n) is 3.37. The van der Waals surface area contributed by atoms with E-state index < -0.39 is 23.6 Å². The van der Waals surface area contributed by atoms with Gasteiger partial charge in [0.1, 0.15) is 11.4 Å². The third-order valence-electron chi connectivity index (χ3n) is 5.35. The molecule has 1 saturated heterocycles. The molecule has 1 aromatic heterocycles. The predicted octanol–water partition coefficient (Wildman–Crippen LogP) is 1.51. The number of benzene rings is 1. The molecule has 182 valence electrons. The summed E-state index contributed by atoms with van der Waals surface area (Å²) in [4.78, 5) is 56.0. The average molecular weight is 472 g/mol. The van der Waals surface area contributed by atoms with Gasteiger partial charge >= 0.3 is 12.1 Å². The summed E-state index contributed by atoms with van der Waals surface area (Å²) in [6, 6.07) is 8.26. The number of pyridine rings is 1. The van der Waals surface area contributed by atoms with E-state index in [1.165, 1.54) is 24.8 Å². The predicted molar refractivity (Wildman–Crippen MR) is 122 cm³/mol. The van der Waals surface area contributed by atoms with Crippen molar-refractivity contribution in [1.29, 1.82) is 0 Å². The van der Waals surface area contributed by atoms with Gasteiger partial charge in [-0.25, -0.2) is 14.6 Å². The van der Waals surface area contributed by atoms with E-state index in [9.17, 15) is 24.3 Å². The quantitative estimate of drug-likeness (QED) is 0.618. The first kappa shape index (κ1) is 24.7. The summed E-state index contributed by atoms with van der Waals surface area (Å²) < 4.78 is 10.7. The maximum atomic E-state index is 12.8. The van der Waals surface area contributed by atoms with Crippen LogP contribution in [0.3, 0.4) is 0 Å². The van der Waals surface area contributed by atoms with E-state index in [1.54, 1.807) is 36.1 Å². The fraction of sp³-hybridized carbons (Fsp3) is 0.435. The number of piperazine rings is 1. The molecule has 34 heavy (non-hydrogen) atoms. The summed E-state index contributed by atoms with van der Waals surface area (Å²) in [5.41, 5.74) is -1.08. The minimum Gasteiger partial charge on any atom is -0.478 e. The molecule has 0 atom stereocenters. The van der Waals surface area contributed by atoms with Crippen LogP contribution in [0.2, 0.25) is 0 Å². The number of fused-ring (bicyclic) bond motifs is 1. The van der Waals surface area contributed by atoms with E-state index >= 15 is 0 Å². The summed E-state index contributed by atoms with van der Waals surface area (Å²) in [7, 11) is 0. The van der Waals surface area contributed by atoms with Gasteiger partial charge in [0.2, 0.25) is 5.91 Å². The lowest BCUT2D eigenvalue weighted by Crippen LogP contribution is -2.52. The molecule has 3 amide bonds. The lowest BCUT2D eigenvalue weighted by molar-refractivity contribution is -0.152. The Morgan fingerprint density at radius 1 is 1.09 bits per heavy atom. The topological polar surface area (TPSA) is 138 Å². The molecule has 1 aliphatic heterocycles. The number of rotatable bonds is 7. The van der Waals surface area contributed by atoms with Crippen LogP contribution in [0, 0.1) is 0 Å². The van der Waals surface area contributed by atoms with Gasteiger partial charge in [-0.15, -0.1) is 0 Å². The summed E-state index contributed by atoms with van der Waals surface area (Å²) in [6.07, 6.45) is -0.408. The Bertz CT molecular complexity index is 1090. The molecule has 1 aromatic carbocycles. The first-order valence-corrected chi connectivity index (χ1v) is 10.9. The van der Waals surface area contributed by atoms with Crippen LogP contribution in [0.25, 0.3) is 10.9 Å². The summed E-state index contributed by atoms with van der Waals surface area (Å²) in [6.45, 7) is 5.96. The molecule has 11 nitrogen and oxygen atoms in total. The molecule has 2 heterocycles. The third kappa shape index (κ3) is 5.72. The van der Waals surface area contributed by atoms with Crippen LogP contribution in [0.5, 0.6) is 5.75 Å². The number of hydrogen-bond acceptors (Lipinski definition) is 7. The Labute approximate surface area is 196 Å². The fourth-order valence-corrected chi connectivity index (χ4v) is 3.37. The van der Waals surface area contributed by atoms with Crippen molar-refractivity contribution in [2.45, 2.75) is 26.4 Å². The highest BCUT2D eigenvalue weighted by molar-refractivity contribution is 5.98. The average Bonchev–Trinajstić information content (AvgIpc) is 2.82. The van der Waals surface area contributed by atoms with E-state index in [-0.39, 0.29) is 30.5 Å². The zero-order chi connectivity index (χ0) is 24.9. The van der Waals surface area contributed by atoms with E-state index in [2.05, 4.69) is 10.3 Å². The van der Waals surface area contributed by atoms with Gasteiger partial charge in [0.05, 0.1) is 18.7 Å². The molecule has 0 bridgehead atoms. The molecule has 0 aliphatic carbocycles. The number of carboxylic acid groups (broad SMARTS) is 1. The molecule has 0 saturated carbocycles.